The molecule has 1 aromatic carbocycles. The maximum absolute atomic E-state index is 12.2. The molecule has 1 aliphatic rings. The molecule has 5 heteroatoms. The third-order valence-corrected chi connectivity index (χ3v) is 3.02. The van der Waals surface area contributed by atoms with Crippen LogP contribution in [-0.2, 0) is 9.59 Å². The quantitative estimate of drug-likeness (QED) is 0.762. The number of nitrogen functional groups attached to an aromatic ring is 1. The zero-order valence-corrected chi connectivity index (χ0v) is 10.8. The van der Waals surface area contributed by atoms with Crippen molar-refractivity contribution >= 4 is 23.2 Å². The van der Waals surface area contributed by atoms with Gasteiger partial charge in [-0.3, -0.25) is 14.6 Å². The second-order valence-electron chi connectivity index (χ2n) is 5.17. The monoisotopic (exact) mass is 247 g/mol. The summed E-state index contributed by atoms with van der Waals surface area (Å²) in [6.07, 6.45) is 0. The van der Waals surface area contributed by atoms with Gasteiger partial charge in [0, 0.05) is 12.6 Å². The number of amides is 2. The van der Waals surface area contributed by atoms with E-state index in [0.29, 0.717) is 12.2 Å². The van der Waals surface area contributed by atoms with Crippen LogP contribution in [0.3, 0.4) is 0 Å². The number of hydrogen-bond donors (Lipinski definition) is 1. The third kappa shape index (κ3) is 1.92. The maximum Gasteiger partial charge on any atom is 0.255 e. The molecule has 0 saturated carbocycles. The standard InChI is InChI=1S/C13H17N3O2/c1-9(17)16-12(18)13(2,3)8-15(16)11-6-4-5-10(14)7-11/h4-7H,8,14H2,1-3H3. The van der Waals surface area contributed by atoms with Crippen molar-refractivity contribution in [1.29, 1.82) is 0 Å². The summed E-state index contributed by atoms with van der Waals surface area (Å²) in [6.45, 7) is 5.52. The minimum atomic E-state index is -0.573. The first-order chi connectivity index (χ1) is 8.33. The van der Waals surface area contributed by atoms with Crippen molar-refractivity contribution in [2.75, 3.05) is 17.3 Å². The van der Waals surface area contributed by atoms with Gasteiger partial charge in [0.1, 0.15) is 0 Å². The second-order valence-corrected chi connectivity index (χ2v) is 5.17. The predicted octanol–water partition coefficient (Wildman–Crippen LogP) is 1.41. The van der Waals surface area contributed by atoms with E-state index in [-0.39, 0.29) is 11.8 Å². The van der Waals surface area contributed by atoms with Crippen LogP contribution in [0.4, 0.5) is 11.4 Å². The minimum absolute atomic E-state index is 0.183. The van der Waals surface area contributed by atoms with E-state index in [1.807, 2.05) is 19.9 Å². The van der Waals surface area contributed by atoms with Gasteiger partial charge in [0.15, 0.2) is 0 Å². The van der Waals surface area contributed by atoms with Crippen LogP contribution in [0, 0.1) is 5.41 Å². The SMILES string of the molecule is CC(=O)N1C(=O)C(C)(C)CN1c1cccc(N)c1. The van der Waals surface area contributed by atoms with E-state index in [4.69, 9.17) is 5.73 Å². The molecule has 96 valence electrons. The summed E-state index contributed by atoms with van der Waals surface area (Å²) in [5, 5.41) is 2.87. The Kier molecular flexibility index (Phi) is 2.77. The van der Waals surface area contributed by atoms with E-state index < -0.39 is 5.41 Å². The molecule has 1 fully saturated rings. The van der Waals surface area contributed by atoms with E-state index in [1.54, 1.807) is 23.2 Å². The predicted molar refractivity (Wildman–Crippen MR) is 69.5 cm³/mol. The first-order valence-electron chi connectivity index (χ1n) is 5.81. The van der Waals surface area contributed by atoms with E-state index in [0.717, 1.165) is 5.69 Å². The number of carbonyl (C=O) groups excluding carboxylic acids is 2. The number of nitrogens with two attached hydrogens (primary N) is 1. The van der Waals surface area contributed by atoms with E-state index >= 15 is 0 Å². The molecule has 1 aliphatic heterocycles. The molecule has 1 aromatic rings. The highest BCUT2D eigenvalue weighted by atomic mass is 16.2. The molecule has 0 atom stereocenters. The van der Waals surface area contributed by atoms with Crippen LogP contribution < -0.4 is 10.7 Å². The molecule has 1 saturated heterocycles. The number of hydrazine groups is 1. The Morgan fingerprint density at radius 2 is 2.06 bits per heavy atom. The number of benzene rings is 1. The summed E-state index contributed by atoms with van der Waals surface area (Å²) < 4.78 is 0. The molecule has 0 bridgehead atoms. The summed E-state index contributed by atoms with van der Waals surface area (Å²) in [7, 11) is 0. The molecular weight excluding hydrogens is 230 g/mol. The van der Waals surface area contributed by atoms with Crippen LogP contribution in [0.5, 0.6) is 0 Å². The van der Waals surface area contributed by atoms with Crippen LogP contribution in [0.25, 0.3) is 0 Å². The average Bonchev–Trinajstić information content (AvgIpc) is 2.50. The van der Waals surface area contributed by atoms with Crippen molar-refractivity contribution in [3.05, 3.63) is 24.3 Å². The molecule has 0 radical (unpaired) electrons. The number of carbonyl (C=O) groups is 2. The van der Waals surface area contributed by atoms with Crippen molar-refractivity contribution in [3.8, 4) is 0 Å². The third-order valence-electron chi connectivity index (χ3n) is 3.02. The van der Waals surface area contributed by atoms with E-state index in [2.05, 4.69) is 0 Å². The highest BCUT2D eigenvalue weighted by Crippen LogP contribution is 2.33. The van der Waals surface area contributed by atoms with Gasteiger partial charge in [0.05, 0.1) is 17.6 Å². The molecule has 2 rings (SSSR count). The molecule has 0 aliphatic carbocycles. The van der Waals surface area contributed by atoms with Crippen LogP contribution >= 0.6 is 0 Å². The first kappa shape index (κ1) is 12.4. The molecule has 2 amide bonds. The van der Waals surface area contributed by atoms with Crippen LogP contribution in [0.15, 0.2) is 24.3 Å². The Balaban J connectivity index is 2.44. The molecule has 2 N–H and O–H groups in total. The molecule has 1 heterocycles. The van der Waals surface area contributed by atoms with Gasteiger partial charge >= 0.3 is 0 Å². The van der Waals surface area contributed by atoms with Crippen molar-refractivity contribution in [3.63, 3.8) is 0 Å². The molecule has 5 nitrogen and oxygen atoms in total. The smallest absolute Gasteiger partial charge is 0.255 e. The summed E-state index contributed by atoms with van der Waals surface area (Å²) in [5.41, 5.74) is 6.52. The second kappa shape index (κ2) is 4.01. The van der Waals surface area contributed by atoms with Crippen molar-refractivity contribution in [2.24, 2.45) is 5.41 Å². The summed E-state index contributed by atoms with van der Waals surface area (Å²) in [6, 6.07) is 7.16. The van der Waals surface area contributed by atoms with Gasteiger partial charge in [-0.1, -0.05) is 6.07 Å². The highest BCUT2D eigenvalue weighted by Gasteiger charge is 2.46. The Hall–Kier alpha value is -2.04. The number of imide groups is 1. The normalized spacial score (nSPS) is 18.3. The summed E-state index contributed by atoms with van der Waals surface area (Å²) in [5.74, 6) is -0.467. The molecule has 0 spiro atoms. The lowest BCUT2D eigenvalue weighted by Crippen LogP contribution is -2.42. The lowest BCUT2D eigenvalue weighted by molar-refractivity contribution is -0.144. The minimum Gasteiger partial charge on any atom is -0.399 e. The Morgan fingerprint density at radius 1 is 1.39 bits per heavy atom. The zero-order chi connectivity index (χ0) is 13.5. The Bertz CT molecular complexity index is 511. The van der Waals surface area contributed by atoms with Gasteiger partial charge in [0.2, 0.25) is 5.91 Å². The van der Waals surface area contributed by atoms with Gasteiger partial charge < -0.3 is 5.73 Å². The van der Waals surface area contributed by atoms with Gasteiger partial charge in [-0.05, 0) is 32.0 Å². The van der Waals surface area contributed by atoms with Gasteiger partial charge in [-0.25, -0.2) is 0 Å². The van der Waals surface area contributed by atoms with Gasteiger partial charge in [-0.2, -0.15) is 5.01 Å². The summed E-state index contributed by atoms with van der Waals surface area (Å²) >= 11 is 0. The summed E-state index contributed by atoms with van der Waals surface area (Å²) in [4.78, 5) is 23.8. The molecule has 0 aromatic heterocycles. The lowest BCUT2D eigenvalue weighted by atomic mass is 9.94. The van der Waals surface area contributed by atoms with Gasteiger partial charge in [-0.15, -0.1) is 0 Å². The average molecular weight is 247 g/mol. The number of anilines is 2. The number of rotatable bonds is 1. The van der Waals surface area contributed by atoms with Crippen LogP contribution in [0.1, 0.15) is 20.8 Å². The van der Waals surface area contributed by atoms with E-state index in [9.17, 15) is 9.59 Å². The maximum atomic E-state index is 12.2. The Labute approximate surface area is 106 Å². The van der Waals surface area contributed by atoms with Crippen LogP contribution in [0.2, 0.25) is 0 Å². The fourth-order valence-electron chi connectivity index (χ4n) is 2.11. The van der Waals surface area contributed by atoms with Crippen molar-refractivity contribution in [1.82, 2.24) is 5.01 Å². The zero-order valence-electron chi connectivity index (χ0n) is 10.8. The van der Waals surface area contributed by atoms with Crippen molar-refractivity contribution in [2.45, 2.75) is 20.8 Å². The largest absolute Gasteiger partial charge is 0.399 e. The molecule has 0 unspecified atom stereocenters. The molecular formula is C13H17N3O2. The number of nitrogens with zero attached hydrogens (tertiary/aromatic N) is 2. The topological polar surface area (TPSA) is 66.6 Å². The first-order valence-corrected chi connectivity index (χ1v) is 5.81. The fourth-order valence-corrected chi connectivity index (χ4v) is 2.11. The van der Waals surface area contributed by atoms with Crippen LogP contribution in [-0.4, -0.2) is 23.4 Å². The lowest BCUT2D eigenvalue weighted by Gasteiger charge is -2.26. The van der Waals surface area contributed by atoms with E-state index in [1.165, 1.54) is 11.9 Å². The molecule has 18 heavy (non-hydrogen) atoms. The highest BCUT2D eigenvalue weighted by molar-refractivity contribution is 6.01. The van der Waals surface area contributed by atoms with Gasteiger partial charge in [0.25, 0.3) is 5.91 Å². The fraction of sp³-hybridized carbons (Fsp3) is 0.385. The number of hydrogen-bond acceptors (Lipinski definition) is 4. The van der Waals surface area contributed by atoms with Crippen molar-refractivity contribution < 1.29 is 9.59 Å². The Morgan fingerprint density at radius 3 is 2.61 bits per heavy atom.